The Hall–Kier alpha value is -2.58. The maximum atomic E-state index is 5.97. The second kappa shape index (κ2) is 8.68. The van der Waals surface area contributed by atoms with Crippen molar-refractivity contribution < 1.29 is 14.2 Å². The van der Waals surface area contributed by atoms with E-state index in [1.807, 2.05) is 25.2 Å². The zero-order chi connectivity index (χ0) is 18.4. The smallest absolute Gasteiger partial charge is 0.229 e. The van der Waals surface area contributed by atoms with Gasteiger partial charge in [-0.25, -0.2) is 4.98 Å². The second-order valence-corrected chi connectivity index (χ2v) is 6.07. The lowest BCUT2D eigenvalue weighted by molar-refractivity contribution is -0.0406. The standard InChI is InChI=1S/C18H25N5O3/c1-19-17-6-7-20-18(22-17)21-13-4-5-15(24-3)16(10-13)26-12-14-11-23(2)8-9-25-14/h4-7,10,14H,8-9,11-12H2,1-3H3,(H2,19,20,21,22)/t14-/m0/s1. The molecule has 26 heavy (non-hydrogen) atoms. The van der Waals surface area contributed by atoms with E-state index < -0.39 is 0 Å². The highest BCUT2D eigenvalue weighted by atomic mass is 16.5. The molecule has 1 aromatic carbocycles. The maximum Gasteiger partial charge on any atom is 0.229 e. The van der Waals surface area contributed by atoms with Crippen LogP contribution in [-0.2, 0) is 4.74 Å². The number of nitrogens with one attached hydrogen (secondary N) is 2. The molecular weight excluding hydrogens is 334 g/mol. The quantitative estimate of drug-likeness (QED) is 0.777. The molecule has 8 nitrogen and oxygen atoms in total. The molecule has 1 aliphatic heterocycles. The minimum atomic E-state index is 0.0470. The van der Waals surface area contributed by atoms with Crippen LogP contribution in [0.1, 0.15) is 0 Å². The van der Waals surface area contributed by atoms with Crippen LogP contribution in [0.5, 0.6) is 11.5 Å². The lowest BCUT2D eigenvalue weighted by Crippen LogP contribution is -2.42. The zero-order valence-corrected chi connectivity index (χ0v) is 15.4. The van der Waals surface area contributed by atoms with Crippen molar-refractivity contribution in [2.75, 3.05) is 58.1 Å². The summed E-state index contributed by atoms with van der Waals surface area (Å²) in [6.45, 7) is 2.99. The normalized spacial score (nSPS) is 17.6. The molecule has 1 aliphatic rings. The highest BCUT2D eigenvalue weighted by Crippen LogP contribution is 2.31. The average Bonchev–Trinajstić information content (AvgIpc) is 2.67. The van der Waals surface area contributed by atoms with Crippen molar-refractivity contribution in [1.82, 2.24) is 14.9 Å². The van der Waals surface area contributed by atoms with Gasteiger partial charge in [-0.3, -0.25) is 0 Å². The van der Waals surface area contributed by atoms with Crippen LogP contribution in [0.25, 0.3) is 0 Å². The Kier molecular flexibility index (Phi) is 6.08. The van der Waals surface area contributed by atoms with Crippen molar-refractivity contribution in [3.8, 4) is 11.5 Å². The van der Waals surface area contributed by atoms with E-state index in [9.17, 15) is 0 Å². The first-order valence-corrected chi connectivity index (χ1v) is 8.56. The van der Waals surface area contributed by atoms with Crippen molar-refractivity contribution >= 4 is 17.5 Å². The molecule has 0 spiro atoms. The minimum absolute atomic E-state index is 0.0470. The largest absolute Gasteiger partial charge is 0.493 e. The Morgan fingerprint density at radius 1 is 1.31 bits per heavy atom. The van der Waals surface area contributed by atoms with Crippen LogP contribution in [0.2, 0.25) is 0 Å². The van der Waals surface area contributed by atoms with E-state index in [0.29, 0.717) is 24.1 Å². The third kappa shape index (κ3) is 4.74. The number of hydrogen-bond donors (Lipinski definition) is 2. The molecule has 1 fully saturated rings. The Morgan fingerprint density at radius 2 is 2.19 bits per heavy atom. The fourth-order valence-corrected chi connectivity index (χ4v) is 2.70. The highest BCUT2D eigenvalue weighted by Gasteiger charge is 2.19. The maximum absolute atomic E-state index is 5.97. The summed E-state index contributed by atoms with van der Waals surface area (Å²) in [5.41, 5.74) is 0.815. The van der Waals surface area contributed by atoms with Gasteiger partial charge in [-0.15, -0.1) is 0 Å². The number of ether oxygens (including phenoxy) is 3. The molecule has 0 saturated carbocycles. The minimum Gasteiger partial charge on any atom is -0.493 e. The molecule has 1 atom stereocenters. The molecule has 0 bridgehead atoms. The van der Waals surface area contributed by atoms with Gasteiger partial charge in [0.25, 0.3) is 0 Å². The van der Waals surface area contributed by atoms with Crippen LogP contribution in [0, 0.1) is 0 Å². The number of rotatable bonds is 7. The first-order valence-electron chi connectivity index (χ1n) is 8.56. The predicted molar refractivity (Wildman–Crippen MR) is 101 cm³/mol. The molecule has 8 heteroatoms. The van der Waals surface area contributed by atoms with Gasteiger partial charge < -0.3 is 29.7 Å². The van der Waals surface area contributed by atoms with E-state index in [2.05, 4.69) is 32.5 Å². The Labute approximate surface area is 153 Å². The fourth-order valence-electron chi connectivity index (χ4n) is 2.70. The summed E-state index contributed by atoms with van der Waals surface area (Å²) in [6, 6.07) is 7.43. The predicted octanol–water partition coefficient (Wildman–Crippen LogP) is 1.98. The highest BCUT2D eigenvalue weighted by molar-refractivity contribution is 5.60. The Morgan fingerprint density at radius 3 is 2.96 bits per heavy atom. The van der Waals surface area contributed by atoms with E-state index in [1.165, 1.54) is 0 Å². The van der Waals surface area contributed by atoms with Gasteiger partial charge in [0.05, 0.1) is 13.7 Å². The number of aromatic nitrogens is 2. The van der Waals surface area contributed by atoms with Crippen molar-refractivity contribution in [1.29, 1.82) is 0 Å². The van der Waals surface area contributed by atoms with Crippen LogP contribution in [0.3, 0.4) is 0 Å². The Balaban J connectivity index is 1.69. The summed E-state index contributed by atoms with van der Waals surface area (Å²) < 4.78 is 17.1. The molecule has 3 rings (SSSR count). The molecule has 0 aliphatic carbocycles. The van der Waals surface area contributed by atoms with Gasteiger partial charge in [0.1, 0.15) is 18.5 Å². The number of nitrogens with zero attached hydrogens (tertiary/aromatic N) is 3. The van der Waals surface area contributed by atoms with Crippen LogP contribution in [0.15, 0.2) is 30.5 Å². The molecule has 0 unspecified atom stereocenters. The van der Waals surface area contributed by atoms with Crippen molar-refractivity contribution in [3.63, 3.8) is 0 Å². The first kappa shape index (κ1) is 18.2. The van der Waals surface area contributed by atoms with E-state index in [-0.39, 0.29) is 6.10 Å². The molecule has 2 N–H and O–H groups in total. The first-order chi connectivity index (χ1) is 12.7. The summed E-state index contributed by atoms with van der Waals surface area (Å²) in [5, 5.41) is 6.17. The van der Waals surface area contributed by atoms with Gasteiger partial charge >= 0.3 is 0 Å². The third-order valence-corrected chi connectivity index (χ3v) is 4.10. The molecule has 2 heterocycles. The second-order valence-electron chi connectivity index (χ2n) is 6.07. The summed E-state index contributed by atoms with van der Waals surface area (Å²) in [6.07, 6.45) is 1.74. The monoisotopic (exact) mass is 359 g/mol. The number of likely N-dealkylation sites (N-methyl/N-ethyl adjacent to an activating group) is 1. The molecule has 0 radical (unpaired) electrons. The Bertz CT molecular complexity index is 728. The van der Waals surface area contributed by atoms with Gasteiger partial charge in [0.2, 0.25) is 5.95 Å². The number of morpholine rings is 1. The van der Waals surface area contributed by atoms with Crippen LogP contribution >= 0.6 is 0 Å². The summed E-state index contributed by atoms with van der Waals surface area (Å²) >= 11 is 0. The number of methoxy groups -OCH3 is 1. The van der Waals surface area contributed by atoms with E-state index >= 15 is 0 Å². The van der Waals surface area contributed by atoms with E-state index in [4.69, 9.17) is 14.2 Å². The molecular formula is C18H25N5O3. The van der Waals surface area contributed by atoms with Crippen molar-refractivity contribution in [2.45, 2.75) is 6.10 Å². The molecule has 1 aromatic heterocycles. The molecule has 1 saturated heterocycles. The number of hydrogen-bond acceptors (Lipinski definition) is 8. The van der Waals surface area contributed by atoms with Crippen molar-refractivity contribution in [2.24, 2.45) is 0 Å². The number of benzene rings is 1. The summed E-state index contributed by atoms with van der Waals surface area (Å²) in [7, 11) is 5.52. The van der Waals surface area contributed by atoms with Gasteiger partial charge in [-0.2, -0.15) is 4.98 Å². The van der Waals surface area contributed by atoms with Gasteiger partial charge in [0.15, 0.2) is 11.5 Å². The fraction of sp³-hybridized carbons (Fsp3) is 0.444. The lowest BCUT2D eigenvalue weighted by atomic mass is 10.2. The SMILES string of the molecule is CNc1ccnc(Nc2ccc(OC)c(OC[C@@H]3CN(C)CCO3)c2)n1. The summed E-state index contributed by atoms with van der Waals surface area (Å²) in [5.74, 6) is 2.57. The van der Waals surface area contributed by atoms with E-state index in [0.717, 1.165) is 31.2 Å². The van der Waals surface area contributed by atoms with Crippen LogP contribution in [-0.4, -0.2) is 68.5 Å². The summed E-state index contributed by atoms with van der Waals surface area (Å²) in [4.78, 5) is 10.8. The number of anilines is 3. The van der Waals surface area contributed by atoms with Crippen LogP contribution in [0.4, 0.5) is 17.5 Å². The van der Waals surface area contributed by atoms with Gasteiger partial charge in [-0.1, -0.05) is 0 Å². The third-order valence-electron chi connectivity index (χ3n) is 4.10. The topological polar surface area (TPSA) is 80.8 Å². The molecule has 0 amide bonds. The van der Waals surface area contributed by atoms with Gasteiger partial charge in [0, 0.05) is 38.1 Å². The van der Waals surface area contributed by atoms with Gasteiger partial charge in [-0.05, 0) is 25.2 Å². The van der Waals surface area contributed by atoms with E-state index in [1.54, 1.807) is 19.4 Å². The lowest BCUT2D eigenvalue weighted by Gasteiger charge is -2.30. The molecule has 140 valence electrons. The zero-order valence-electron chi connectivity index (χ0n) is 15.4. The van der Waals surface area contributed by atoms with Crippen LogP contribution < -0.4 is 20.1 Å². The molecule has 2 aromatic rings. The van der Waals surface area contributed by atoms with Crippen molar-refractivity contribution in [3.05, 3.63) is 30.5 Å². The average molecular weight is 359 g/mol.